The average molecular weight is 339 g/mol. The summed E-state index contributed by atoms with van der Waals surface area (Å²) < 4.78 is 0. The maximum absolute atomic E-state index is 11.9. The minimum Gasteiger partial charge on any atom is -0.385 e. The summed E-state index contributed by atoms with van der Waals surface area (Å²) >= 11 is 0. The number of rotatable bonds is 2. The topological polar surface area (TPSA) is 65.8 Å². The molecule has 0 bridgehead atoms. The number of carbonyl (C=O) groups excluding carboxylic acids is 1. The Morgan fingerprint density at radius 1 is 1.28 bits per heavy atom. The zero-order valence-corrected chi connectivity index (χ0v) is 15.0. The Hall–Kier alpha value is -2.01. The first kappa shape index (κ1) is 16.5. The molecule has 0 spiro atoms. The van der Waals surface area contributed by atoms with Crippen molar-refractivity contribution in [1.29, 1.82) is 0 Å². The van der Waals surface area contributed by atoms with Gasteiger partial charge < -0.3 is 10.0 Å². The lowest BCUT2D eigenvalue weighted by atomic mass is 9.74. The number of pyridine rings is 1. The number of aryl methyl sites for hydroxylation is 1. The van der Waals surface area contributed by atoms with Crippen LogP contribution in [0.5, 0.6) is 0 Å². The number of aromatic nitrogens is 1. The van der Waals surface area contributed by atoms with Crippen LogP contribution in [-0.4, -0.2) is 46.8 Å². The summed E-state index contributed by atoms with van der Waals surface area (Å²) in [5, 5.41) is 10.8. The van der Waals surface area contributed by atoms with E-state index in [1.165, 1.54) is 5.56 Å². The van der Waals surface area contributed by atoms with Crippen LogP contribution in [0, 0.1) is 12.8 Å². The Morgan fingerprint density at radius 3 is 2.72 bits per heavy atom. The summed E-state index contributed by atoms with van der Waals surface area (Å²) in [5.74, 6) is 1.53. The highest BCUT2D eigenvalue weighted by atomic mass is 16.3. The van der Waals surface area contributed by atoms with Crippen LogP contribution in [0.4, 0.5) is 5.82 Å². The second kappa shape index (κ2) is 6.06. The van der Waals surface area contributed by atoms with Crippen molar-refractivity contribution in [3.05, 3.63) is 35.0 Å². The van der Waals surface area contributed by atoms with E-state index in [2.05, 4.69) is 22.0 Å². The first-order chi connectivity index (χ1) is 11.9. The molecule has 1 fully saturated rings. The van der Waals surface area contributed by atoms with Crippen LogP contribution < -0.4 is 4.90 Å². The van der Waals surface area contributed by atoms with Crippen molar-refractivity contribution < 1.29 is 9.90 Å². The molecule has 5 heteroatoms. The number of aliphatic imine (C=N–C) groups is 1. The predicted molar refractivity (Wildman–Crippen MR) is 98.1 cm³/mol. The lowest BCUT2D eigenvalue weighted by Gasteiger charge is -2.37. The quantitative estimate of drug-likeness (QED) is 0.899. The number of ketones is 1. The number of Topliss-reactive ketones (excluding diaryl/α,β-unsaturated/α-hetero) is 1. The molecule has 1 aliphatic carbocycles. The molecule has 1 N–H and O–H groups in total. The molecular formula is C20H25N3O2. The minimum atomic E-state index is -1.05. The number of nitrogens with zero attached hydrogens (tertiary/aromatic N) is 3. The summed E-state index contributed by atoms with van der Waals surface area (Å²) in [6.45, 7) is 6.30. The van der Waals surface area contributed by atoms with Crippen molar-refractivity contribution in [3.8, 4) is 0 Å². The van der Waals surface area contributed by atoms with E-state index < -0.39 is 5.60 Å². The van der Waals surface area contributed by atoms with Crippen LogP contribution in [0.3, 0.4) is 0 Å². The maximum atomic E-state index is 11.9. The molecule has 2 aliphatic heterocycles. The van der Waals surface area contributed by atoms with Crippen molar-refractivity contribution in [2.24, 2.45) is 10.9 Å². The third-order valence-electron chi connectivity index (χ3n) is 5.64. The van der Waals surface area contributed by atoms with Crippen molar-refractivity contribution in [2.75, 3.05) is 24.5 Å². The third kappa shape index (κ3) is 3.01. The lowest BCUT2D eigenvalue weighted by molar-refractivity contribution is -0.122. The van der Waals surface area contributed by atoms with Crippen molar-refractivity contribution >= 4 is 17.3 Å². The summed E-state index contributed by atoms with van der Waals surface area (Å²) in [5.41, 5.74) is 3.20. The van der Waals surface area contributed by atoms with E-state index in [0.29, 0.717) is 18.9 Å². The largest absolute Gasteiger partial charge is 0.385 e. The average Bonchev–Trinajstić information content (AvgIpc) is 3.00. The maximum Gasteiger partial charge on any atom is 0.140 e. The van der Waals surface area contributed by atoms with E-state index in [1.54, 1.807) is 6.92 Å². The highest BCUT2D eigenvalue weighted by Crippen LogP contribution is 2.39. The highest BCUT2D eigenvalue weighted by Gasteiger charge is 2.43. The fourth-order valence-corrected chi connectivity index (χ4v) is 4.46. The molecule has 0 aromatic carbocycles. The van der Waals surface area contributed by atoms with Gasteiger partial charge in [0.25, 0.3) is 0 Å². The van der Waals surface area contributed by atoms with E-state index in [-0.39, 0.29) is 12.2 Å². The van der Waals surface area contributed by atoms with Gasteiger partial charge in [0.05, 0.1) is 12.1 Å². The summed E-state index contributed by atoms with van der Waals surface area (Å²) in [4.78, 5) is 23.5. The molecule has 1 saturated heterocycles. The van der Waals surface area contributed by atoms with Crippen LogP contribution in [-0.2, 0) is 4.79 Å². The molecule has 132 valence electrons. The van der Waals surface area contributed by atoms with Crippen LogP contribution in [0.1, 0.15) is 38.2 Å². The van der Waals surface area contributed by atoms with Gasteiger partial charge >= 0.3 is 0 Å². The van der Waals surface area contributed by atoms with Gasteiger partial charge in [-0.05, 0) is 43.9 Å². The van der Waals surface area contributed by atoms with Gasteiger partial charge in [0.1, 0.15) is 11.6 Å². The SMILES string of the molecule is Cc1ccc(N2CCC(C3=NCC4=C3C(C)(O)CC(=O)C4)CC2)nc1. The summed E-state index contributed by atoms with van der Waals surface area (Å²) in [7, 11) is 0. The van der Waals surface area contributed by atoms with Gasteiger partial charge in [-0.3, -0.25) is 9.79 Å². The van der Waals surface area contributed by atoms with Gasteiger partial charge in [-0.15, -0.1) is 0 Å². The van der Waals surface area contributed by atoms with Crippen LogP contribution in [0.15, 0.2) is 34.5 Å². The number of piperidine rings is 1. The Kier molecular flexibility index (Phi) is 3.99. The van der Waals surface area contributed by atoms with Gasteiger partial charge in [-0.25, -0.2) is 4.98 Å². The number of anilines is 1. The van der Waals surface area contributed by atoms with E-state index in [0.717, 1.165) is 48.6 Å². The number of aliphatic hydroxyl groups is 1. The lowest BCUT2D eigenvalue weighted by Crippen LogP contribution is -2.42. The number of carbonyl (C=O) groups is 1. The summed E-state index contributed by atoms with van der Waals surface area (Å²) in [6, 6.07) is 4.18. The normalized spacial score (nSPS) is 27.6. The van der Waals surface area contributed by atoms with E-state index in [1.807, 2.05) is 13.1 Å². The molecule has 0 saturated carbocycles. The molecule has 1 unspecified atom stereocenters. The van der Waals surface area contributed by atoms with Crippen LogP contribution in [0.2, 0.25) is 0 Å². The second-order valence-corrected chi connectivity index (χ2v) is 7.80. The first-order valence-corrected chi connectivity index (χ1v) is 9.13. The Morgan fingerprint density at radius 2 is 2.04 bits per heavy atom. The Labute approximate surface area is 148 Å². The van der Waals surface area contributed by atoms with E-state index in [4.69, 9.17) is 4.99 Å². The fraction of sp³-hybridized carbons (Fsp3) is 0.550. The van der Waals surface area contributed by atoms with Crippen LogP contribution >= 0.6 is 0 Å². The molecule has 3 aliphatic rings. The smallest absolute Gasteiger partial charge is 0.140 e. The molecule has 5 nitrogen and oxygen atoms in total. The molecule has 3 heterocycles. The number of hydrogen-bond donors (Lipinski definition) is 1. The van der Waals surface area contributed by atoms with Crippen molar-refractivity contribution in [2.45, 2.75) is 45.1 Å². The Balaban J connectivity index is 1.48. The zero-order valence-electron chi connectivity index (χ0n) is 15.0. The minimum absolute atomic E-state index is 0.125. The molecule has 4 rings (SSSR count). The second-order valence-electron chi connectivity index (χ2n) is 7.80. The molecule has 0 radical (unpaired) electrons. The fourth-order valence-electron chi connectivity index (χ4n) is 4.46. The first-order valence-electron chi connectivity index (χ1n) is 9.13. The standard InChI is InChI=1S/C20H25N3O2/c1-13-3-4-17(21-11-13)23-7-5-14(6-8-23)19-18-15(12-22-19)9-16(24)10-20(18,2)25/h3-4,11,14,25H,5-10,12H2,1-2H3. The van der Waals surface area contributed by atoms with Gasteiger partial charge in [0.2, 0.25) is 0 Å². The number of hydrogen-bond acceptors (Lipinski definition) is 5. The molecule has 1 aromatic heterocycles. The van der Waals surface area contributed by atoms with Gasteiger partial charge in [-0.1, -0.05) is 6.07 Å². The predicted octanol–water partition coefficient (Wildman–Crippen LogP) is 2.47. The molecule has 0 amide bonds. The van der Waals surface area contributed by atoms with Gasteiger partial charge in [-0.2, -0.15) is 0 Å². The molecule has 1 aromatic rings. The van der Waals surface area contributed by atoms with E-state index >= 15 is 0 Å². The van der Waals surface area contributed by atoms with Gasteiger partial charge in [0.15, 0.2) is 0 Å². The van der Waals surface area contributed by atoms with Crippen LogP contribution in [0.25, 0.3) is 0 Å². The molecule has 25 heavy (non-hydrogen) atoms. The zero-order chi connectivity index (χ0) is 17.6. The van der Waals surface area contributed by atoms with Gasteiger partial charge in [0, 0.05) is 49.3 Å². The monoisotopic (exact) mass is 339 g/mol. The Bertz CT molecular complexity index is 754. The van der Waals surface area contributed by atoms with Crippen molar-refractivity contribution in [1.82, 2.24) is 4.98 Å². The molecule has 1 atom stereocenters. The van der Waals surface area contributed by atoms with Crippen molar-refractivity contribution in [3.63, 3.8) is 0 Å². The molecular weight excluding hydrogens is 314 g/mol. The highest BCUT2D eigenvalue weighted by molar-refractivity contribution is 6.08. The van der Waals surface area contributed by atoms with E-state index in [9.17, 15) is 9.90 Å². The summed E-state index contributed by atoms with van der Waals surface area (Å²) in [6.07, 6.45) is 4.61. The third-order valence-corrected chi connectivity index (χ3v) is 5.64.